The summed E-state index contributed by atoms with van der Waals surface area (Å²) in [5.74, 6) is -1.42. The Bertz CT molecular complexity index is 926. The van der Waals surface area contributed by atoms with Crippen molar-refractivity contribution in [3.05, 3.63) is 108 Å². The molecule has 0 spiro atoms. The first kappa shape index (κ1) is 17.0. The number of morpholine rings is 1. The van der Waals surface area contributed by atoms with E-state index in [1.54, 1.807) is 4.90 Å². The number of esters is 1. The number of carbonyl (C=O) groups is 2. The monoisotopic (exact) mass is 357 g/mol. The van der Waals surface area contributed by atoms with E-state index < -0.39 is 18.0 Å². The molecule has 0 unspecified atom stereocenters. The van der Waals surface area contributed by atoms with Crippen molar-refractivity contribution >= 4 is 11.9 Å². The molecule has 0 bridgehead atoms. The largest absolute Gasteiger partial charge is 0.448 e. The molecular weight excluding hydrogens is 338 g/mol. The molecule has 4 heteroatoms. The Morgan fingerprint density at radius 3 is 1.81 bits per heavy atom. The van der Waals surface area contributed by atoms with Gasteiger partial charge in [-0.3, -0.25) is 4.79 Å². The number of benzene rings is 3. The van der Waals surface area contributed by atoms with Crippen LogP contribution < -0.4 is 0 Å². The van der Waals surface area contributed by atoms with Crippen LogP contribution in [0.5, 0.6) is 0 Å². The number of carbonyl (C=O) groups excluding carboxylic acids is 2. The molecule has 1 aliphatic heterocycles. The van der Waals surface area contributed by atoms with Crippen LogP contribution in [0.3, 0.4) is 0 Å². The minimum absolute atomic E-state index is 0.345. The average Bonchev–Trinajstić information content (AvgIpc) is 2.73. The van der Waals surface area contributed by atoms with Crippen LogP contribution in [0.1, 0.15) is 28.8 Å². The summed E-state index contributed by atoms with van der Waals surface area (Å²) in [5, 5.41) is 0. The van der Waals surface area contributed by atoms with E-state index in [9.17, 15) is 9.59 Å². The van der Waals surface area contributed by atoms with Crippen LogP contribution in [0.25, 0.3) is 0 Å². The van der Waals surface area contributed by atoms with Gasteiger partial charge in [0.25, 0.3) is 0 Å². The Labute approximate surface area is 158 Å². The predicted molar refractivity (Wildman–Crippen MR) is 101 cm³/mol. The normalized spacial score (nSPS) is 19.6. The third-order valence-electron chi connectivity index (χ3n) is 4.76. The summed E-state index contributed by atoms with van der Waals surface area (Å²) in [6.45, 7) is 0.345. The van der Waals surface area contributed by atoms with Crippen molar-refractivity contribution in [2.45, 2.75) is 18.7 Å². The van der Waals surface area contributed by atoms with Gasteiger partial charge in [-0.15, -0.1) is 0 Å². The molecule has 1 saturated heterocycles. The van der Waals surface area contributed by atoms with Crippen LogP contribution >= 0.6 is 0 Å². The molecule has 1 aliphatic rings. The molecular formula is C23H19NO3. The molecule has 0 saturated carbocycles. The van der Waals surface area contributed by atoms with Crippen molar-refractivity contribution < 1.29 is 14.3 Å². The lowest BCUT2D eigenvalue weighted by Gasteiger charge is -2.40. The summed E-state index contributed by atoms with van der Waals surface area (Å²) in [7, 11) is 0. The van der Waals surface area contributed by atoms with Gasteiger partial charge in [-0.05, 0) is 16.7 Å². The van der Waals surface area contributed by atoms with Gasteiger partial charge in [-0.2, -0.15) is 0 Å². The highest BCUT2D eigenvalue weighted by Crippen LogP contribution is 2.41. The first-order chi connectivity index (χ1) is 13.2. The molecule has 1 fully saturated rings. The van der Waals surface area contributed by atoms with Gasteiger partial charge in [-0.25, -0.2) is 4.79 Å². The van der Waals surface area contributed by atoms with Crippen molar-refractivity contribution in [2.75, 3.05) is 0 Å². The number of hydrogen-bond acceptors (Lipinski definition) is 3. The summed E-state index contributed by atoms with van der Waals surface area (Å²) in [5.41, 5.74) is 2.77. The lowest BCUT2D eigenvalue weighted by Crippen LogP contribution is -2.48. The summed E-state index contributed by atoms with van der Waals surface area (Å²) in [6, 6.07) is 28.6. The lowest BCUT2D eigenvalue weighted by atomic mass is 9.92. The summed E-state index contributed by atoms with van der Waals surface area (Å²) in [6.07, 6.45) is -0.553. The number of hydrogen-bond donors (Lipinski definition) is 0. The van der Waals surface area contributed by atoms with Gasteiger partial charge in [0.2, 0.25) is 0 Å². The molecule has 2 atom stereocenters. The standard InChI is InChI=1S/C23H19NO3/c25-22-23(26)27-21(19-14-8-3-9-15-19)20(18-12-6-2-7-13-18)24(22)16-17-10-4-1-5-11-17/h1-15,20-21H,16H2/t20-,21+/m0/s1. The fourth-order valence-electron chi connectivity index (χ4n) is 3.49. The second-order valence-electron chi connectivity index (χ2n) is 6.51. The van der Waals surface area contributed by atoms with Gasteiger partial charge >= 0.3 is 11.9 Å². The molecule has 4 nitrogen and oxygen atoms in total. The summed E-state index contributed by atoms with van der Waals surface area (Å²) in [4.78, 5) is 26.7. The minimum Gasteiger partial charge on any atom is -0.448 e. The van der Waals surface area contributed by atoms with Gasteiger partial charge in [0.15, 0.2) is 6.10 Å². The first-order valence-corrected chi connectivity index (χ1v) is 8.89. The van der Waals surface area contributed by atoms with Crippen LogP contribution in [0.15, 0.2) is 91.0 Å². The van der Waals surface area contributed by atoms with E-state index in [0.29, 0.717) is 6.54 Å². The van der Waals surface area contributed by atoms with Crippen molar-refractivity contribution in [3.63, 3.8) is 0 Å². The van der Waals surface area contributed by atoms with Crippen molar-refractivity contribution in [1.29, 1.82) is 0 Å². The van der Waals surface area contributed by atoms with Crippen LogP contribution in [-0.2, 0) is 20.9 Å². The zero-order valence-corrected chi connectivity index (χ0v) is 14.7. The molecule has 27 heavy (non-hydrogen) atoms. The van der Waals surface area contributed by atoms with E-state index in [1.807, 2.05) is 91.0 Å². The third-order valence-corrected chi connectivity index (χ3v) is 4.76. The quantitative estimate of drug-likeness (QED) is 0.523. The number of rotatable bonds is 4. The van der Waals surface area contributed by atoms with Gasteiger partial charge in [-0.1, -0.05) is 91.0 Å². The Morgan fingerprint density at radius 1 is 0.704 bits per heavy atom. The average molecular weight is 357 g/mol. The molecule has 0 aromatic heterocycles. The minimum atomic E-state index is -0.813. The Morgan fingerprint density at radius 2 is 1.22 bits per heavy atom. The van der Waals surface area contributed by atoms with Crippen molar-refractivity contribution in [3.8, 4) is 0 Å². The van der Waals surface area contributed by atoms with Crippen LogP contribution in [0, 0.1) is 0 Å². The SMILES string of the molecule is O=C1O[C@H](c2ccccc2)[C@H](c2ccccc2)N(Cc2ccccc2)C1=O. The number of amides is 1. The Hall–Kier alpha value is -3.40. The van der Waals surface area contributed by atoms with Crippen LogP contribution in [-0.4, -0.2) is 16.8 Å². The van der Waals surface area contributed by atoms with E-state index in [2.05, 4.69) is 0 Å². The maximum absolute atomic E-state index is 12.7. The molecule has 134 valence electrons. The van der Waals surface area contributed by atoms with E-state index in [0.717, 1.165) is 16.7 Å². The van der Waals surface area contributed by atoms with Gasteiger partial charge < -0.3 is 9.64 Å². The molecule has 1 amide bonds. The molecule has 0 radical (unpaired) electrons. The second kappa shape index (κ2) is 7.46. The molecule has 3 aromatic carbocycles. The maximum atomic E-state index is 12.7. The highest BCUT2D eigenvalue weighted by atomic mass is 16.6. The first-order valence-electron chi connectivity index (χ1n) is 8.89. The molecule has 0 N–H and O–H groups in total. The fraction of sp³-hybridized carbons (Fsp3) is 0.130. The van der Waals surface area contributed by atoms with Gasteiger partial charge in [0.1, 0.15) is 0 Å². The summed E-state index contributed by atoms with van der Waals surface area (Å²) < 4.78 is 5.59. The van der Waals surface area contributed by atoms with Gasteiger partial charge in [0, 0.05) is 6.54 Å². The predicted octanol–water partition coefficient (Wildman–Crippen LogP) is 4.05. The fourth-order valence-corrected chi connectivity index (χ4v) is 3.49. The highest BCUT2D eigenvalue weighted by molar-refractivity contribution is 6.33. The zero-order valence-electron chi connectivity index (χ0n) is 14.7. The van der Waals surface area contributed by atoms with Crippen molar-refractivity contribution in [2.24, 2.45) is 0 Å². The molecule has 4 rings (SSSR count). The highest BCUT2D eigenvalue weighted by Gasteiger charge is 2.44. The second-order valence-corrected chi connectivity index (χ2v) is 6.51. The number of ether oxygens (including phenoxy) is 1. The molecule has 3 aromatic rings. The van der Waals surface area contributed by atoms with E-state index in [-0.39, 0.29) is 6.04 Å². The zero-order chi connectivity index (χ0) is 18.6. The topological polar surface area (TPSA) is 46.6 Å². The van der Waals surface area contributed by atoms with Gasteiger partial charge in [0.05, 0.1) is 6.04 Å². The van der Waals surface area contributed by atoms with E-state index in [1.165, 1.54) is 0 Å². The smallest absolute Gasteiger partial charge is 0.397 e. The number of nitrogens with zero attached hydrogens (tertiary/aromatic N) is 1. The van der Waals surface area contributed by atoms with E-state index >= 15 is 0 Å². The van der Waals surface area contributed by atoms with Crippen LogP contribution in [0.2, 0.25) is 0 Å². The Balaban J connectivity index is 1.79. The summed E-state index contributed by atoms with van der Waals surface area (Å²) >= 11 is 0. The van der Waals surface area contributed by atoms with Crippen molar-refractivity contribution in [1.82, 2.24) is 4.90 Å². The molecule has 1 heterocycles. The van der Waals surface area contributed by atoms with E-state index in [4.69, 9.17) is 4.74 Å². The molecule has 0 aliphatic carbocycles. The third kappa shape index (κ3) is 3.47. The number of cyclic esters (lactones) is 1. The Kier molecular flexibility index (Phi) is 4.71. The maximum Gasteiger partial charge on any atom is 0.397 e. The lowest BCUT2D eigenvalue weighted by molar-refractivity contribution is -0.180. The van der Waals surface area contributed by atoms with Crippen LogP contribution in [0.4, 0.5) is 0 Å².